The Kier molecular flexibility index (Phi) is 2.90. The van der Waals surface area contributed by atoms with Crippen LogP contribution in [0.2, 0.25) is 0 Å². The third kappa shape index (κ3) is 2.10. The highest BCUT2D eigenvalue weighted by molar-refractivity contribution is 8.00. The molecule has 2 aliphatic carbocycles. The molecule has 1 atom stereocenters. The minimum absolute atomic E-state index is 0.0941. The number of thioether (sulfide) groups is 1. The van der Waals surface area contributed by atoms with Gasteiger partial charge in [-0.1, -0.05) is 12.8 Å². The summed E-state index contributed by atoms with van der Waals surface area (Å²) in [5.74, 6) is 0.0537. The molecule has 0 bridgehead atoms. The molecule has 1 heterocycles. The van der Waals surface area contributed by atoms with Crippen molar-refractivity contribution in [3.8, 4) is 0 Å². The second-order valence-electron chi connectivity index (χ2n) is 6.05. The Bertz CT molecular complexity index is 315. The van der Waals surface area contributed by atoms with E-state index in [1.165, 1.54) is 51.4 Å². The lowest BCUT2D eigenvalue weighted by molar-refractivity contribution is -0.139. The monoisotopic (exact) mass is 255 g/mol. The van der Waals surface area contributed by atoms with E-state index in [0.29, 0.717) is 5.41 Å². The molecule has 0 unspecified atom stereocenters. The maximum atomic E-state index is 11.0. The maximum absolute atomic E-state index is 11.0. The van der Waals surface area contributed by atoms with Gasteiger partial charge in [0.25, 0.3) is 0 Å². The molecule has 3 rings (SSSR count). The fourth-order valence-electron chi connectivity index (χ4n) is 3.87. The average Bonchev–Trinajstić information content (AvgIpc) is 2.91. The summed E-state index contributed by atoms with van der Waals surface area (Å²) in [6, 6.07) is -0.322. The first-order valence-corrected chi connectivity index (χ1v) is 7.76. The van der Waals surface area contributed by atoms with Gasteiger partial charge in [-0.2, -0.15) is 0 Å². The fourth-order valence-corrected chi connectivity index (χ4v) is 5.30. The lowest BCUT2D eigenvalue weighted by Gasteiger charge is -2.43. The Morgan fingerprint density at radius 1 is 1.12 bits per heavy atom. The normalized spacial score (nSPS) is 34.5. The Labute approximate surface area is 107 Å². The van der Waals surface area contributed by atoms with Crippen LogP contribution in [0.25, 0.3) is 0 Å². The fraction of sp³-hybridized carbons (Fsp3) is 0.923. The van der Waals surface area contributed by atoms with E-state index < -0.39 is 5.97 Å². The minimum atomic E-state index is -0.685. The molecular formula is C13H21NO2S. The molecule has 0 aromatic heterocycles. The molecule has 0 radical (unpaired) electrons. The van der Waals surface area contributed by atoms with Crippen molar-refractivity contribution in [2.24, 2.45) is 5.41 Å². The number of nitrogens with one attached hydrogen (secondary N) is 1. The second-order valence-corrected chi connectivity index (χ2v) is 7.45. The molecule has 0 aromatic carbocycles. The van der Waals surface area contributed by atoms with Gasteiger partial charge in [-0.15, -0.1) is 11.8 Å². The van der Waals surface area contributed by atoms with Gasteiger partial charge in [0.15, 0.2) is 0 Å². The number of hydrogen-bond donors (Lipinski definition) is 2. The summed E-state index contributed by atoms with van der Waals surface area (Å²) in [6.45, 7) is 0. The Hall–Kier alpha value is -0.220. The molecule has 2 saturated carbocycles. The molecule has 2 N–H and O–H groups in total. The molecule has 17 heavy (non-hydrogen) atoms. The van der Waals surface area contributed by atoms with E-state index in [2.05, 4.69) is 5.32 Å². The average molecular weight is 255 g/mol. The van der Waals surface area contributed by atoms with Crippen molar-refractivity contribution in [2.75, 3.05) is 5.75 Å². The third-order valence-electron chi connectivity index (χ3n) is 5.04. The van der Waals surface area contributed by atoms with Crippen LogP contribution in [0.15, 0.2) is 0 Å². The zero-order valence-electron chi connectivity index (χ0n) is 10.2. The van der Waals surface area contributed by atoms with Crippen molar-refractivity contribution in [1.29, 1.82) is 0 Å². The smallest absolute Gasteiger partial charge is 0.321 e. The minimum Gasteiger partial charge on any atom is -0.480 e. The third-order valence-corrected chi connectivity index (χ3v) is 6.62. The largest absolute Gasteiger partial charge is 0.480 e. The zero-order chi connectivity index (χ0) is 11.9. The molecule has 3 fully saturated rings. The molecule has 3 aliphatic rings. The topological polar surface area (TPSA) is 49.3 Å². The summed E-state index contributed by atoms with van der Waals surface area (Å²) in [6.07, 6.45) is 10.6. The van der Waals surface area contributed by atoms with Crippen LogP contribution in [-0.2, 0) is 4.79 Å². The van der Waals surface area contributed by atoms with E-state index in [1.54, 1.807) is 0 Å². The number of rotatable bonds is 1. The maximum Gasteiger partial charge on any atom is 0.321 e. The summed E-state index contributed by atoms with van der Waals surface area (Å²) in [7, 11) is 0. The van der Waals surface area contributed by atoms with E-state index in [9.17, 15) is 4.79 Å². The summed E-state index contributed by atoms with van der Waals surface area (Å²) >= 11 is 1.85. The molecule has 4 heteroatoms. The predicted molar refractivity (Wildman–Crippen MR) is 69.1 cm³/mol. The molecule has 2 spiro atoms. The zero-order valence-corrected chi connectivity index (χ0v) is 11.0. The van der Waals surface area contributed by atoms with E-state index >= 15 is 0 Å². The van der Waals surface area contributed by atoms with Gasteiger partial charge >= 0.3 is 5.97 Å². The molecule has 96 valence electrons. The van der Waals surface area contributed by atoms with E-state index in [4.69, 9.17) is 5.11 Å². The Balaban J connectivity index is 1.63. The van der Waals surface area contributed by atoms with Gasteiger partial charge in [-0.3, -0.25) is 10.1 Å². The number of hydrogen-bond acceptors (Lipinski definition) is 3. The second kappa shape index (κ2) is 4.16. The Morgan fingerprint density at radius 2 is 1.76 bits per heavy atom. The van der Waals surface area contributed by atoms with Gasteiger partial charge in [0, 0.05) is 5.75 Å². The van der Waals surface area contributed by atoms with Crippen LogP contribution in [0.1, 0.15) is 51.4 Å². The number of carboxylic acids is 1. The SMILES string of the molecule is O=C(O)[C@@H]1CSC2(CCC3(CCCC3)CC2)N1. The van der Waals surface area contributed by atoms with Crippen LogP contribution in [0.4, 0.5) is 0 Å². The van der Waals surface area contributed by atoms with E-state index in [-0.39, 0.29) is 10.9 Å². The number of carbonyl (C=O) groups is 1. The quantitative estimate of drug-likeness (QED) is 0.756. The van der Waals surface area contributed by atoms with Gasteiger partial charge in [0.2, 0.25) is 0 Å². The first-order valence-electron chi connectivity index (χ1n) is 6.78. The standard InChI is InChI=1S/C13H21NO2S/c15-11(16)10-9-17-13(14-10)7-5-12(6-8-13)3-1-2-4-12/h10,14H,1-9H2,(H,15,16)/t10-/m0/s1. The van der Waals surface area contributed by atoms with Crippen molar-refractivity contribution < 1.29 is 9.90 Å². The van der Waals surface area contributed by atoms with Crippen LogP contribution < -0.4 is 5.32 Å². The summed E-state index contributed by atoms with van der Waals surface area (Å²) in [5.41, 5.74) is 0.634. The first kappa shape index (κ1) is 11.8. The molecule has 3 nitrogen and oxygen atoms in total. The molecule has 1 aliphatic heterocycles. The molecule has 0 amide bonds. The highest BCUT2D eigenvalue weighted by atomic mass is 32.2. The van der Waals surface area contributed by atoms with Gasteiger partial charge in [0.05, 0.1) is 4.87 Å². The first-order chi connectivity index (χ1) is 8.13. The number of aliphatic carboxylic acids is 1. The molecule has 0 aromatic rings. The van der Waals surface area contributed by atoms with Crippen LogP contribution in [0.3, 0.4) is 0 Å². The van der Waals surface area contributed by atoms with Crippen LogP contribution >= 0.6 is 11.8 Å². The van der Waals surface area contributed by atoms with E-state index in [0.717, 1.165) is 5.75 Å². The highest BCUT2D eigenvalue weighted by Gasteiger charge is 2.48. The lowest BCUT2D eigenvalue weighted by Crippen LogP contribution is -2.48. The molecule has 1 saturated heterocycles. The van der Waals surface area contributed by atoms with Crippen molar-refractivity contribution in [3.63, 3.8) is 0 Å². The van der Waals surface area contributed by atoms with E-state index in [1.807, 2.05) is 11.8 Å². The summed E-state index contributed by atoms with van der Waals surface area (Å²) in [5, 5.41) is 12.4. The lowest BCUT2D eigenvalue weighted by atomic mass is 9.71. The van der Waals surface area contributed by atoms with Gasteiger partial charge in [0.1, 0.15) is 6.04 Å². The van der Waals surface area contributed by atoms with Gasteiger partial charge < -0.3 is 5.11 Å². The van der Waals surface area contributed by atoms with Gasteiger partial charge in [-0.05, 0) is 43.9 Å². The van der Waals surface area contributed by atoms with Gasteiger partial charge in [-0.25, -0.2) is 0 Å². The highest BCUT2D eigenvalue weighted by Crippen LogP contribution is 2.54. The summed E-state index contributed by atoms with van der Waals surface area (Å²) < 4.78 is 0. The van der Waals surface area contributed by atoms with Crippen molar-refractivity contribution in [3.05, 3.63) is 0 Å². The predicted octanol–water partition coefficient (Wildman–Crippen LogP) is 2.61. The number of carboxylic acid groups (broad SMARTS) is 1. The van der Waals surface area contributed by atoms with Crippen LogP contribution in [-0.4, -0.2) is 27.7 Å². The summed E-state index contributed by atoms with van der Waals surface area (Å²) in [4.78, 5) is 11.1. The van der Waals surface area contributed by atoms with Crippen LogP contribution in [0.5, 0.6) is 0 Å². The van der Waals surface area contributed by atoms with Crippen molar-refractivity contribution in [2.45, 2.75) is 62.3 Å². The van der Waals surface area contributed by atoms with Crippen molar-refractivity contribution >= 4 is 17.7 Å². The molecular weight excluding hydrogens is 234 g/mol. The van der Waals surface area contributed by atoms with Crippen LogP contribution in [0, 0.1) is 5.41 Å². The Morgan fingerprint density at radius 3 is 2.29 bits per heavy atom. The van der Waals surface area contributed by atoms with Crippen molar-refractivity contribution in [1.82, 2.24) is 5.32 Å².